The number of carbonyl (C=O) groups is 3. The van der Waals surface area contributed by atoms with E-state index < -0.39 is 29.2 Å². The number of nitrogens with one attached hydrogen (secondary N) is 1. The fourth-order valence-corrected chi connectivity index (χ4v) is 5.23. The molecule has 1 saturated heterocycles. The molecule has 0 bridgehead atoms. The number of oxazole rings is 1. The van der Waals surface area contributed by atoms with Gasteiger partial charge in [-0.3, -0.25) is 14.5 Å². The molecule has 16 heteroatoms. The van der Waals surface area contributed by atoms with Crippen LogP contribution in [0, 0.1) is 0 Å². The molecular weight excluding hydrogens is 496 g/mol. The highest BCUT2D eigenvalue weighted by Gasteiger charge is 2.53. The van der Waals surface area contributed by atoms with E-state index in [1.54, 1.807) is 28.6 Å². The molecular formula is C20H24N8O7S. The van der Waals surface area contributed by atoms with Crippen LogP contribution in [0.15, 0.2) is 39.4 Å². The lowest BCUT2D eigenvalue weighted by molar-refractivity contribution is -0.767. The first-order chi connectivity index (χ1) is 17.3. The fraction of sp³-hybridized carbons (Fsp3) is 0.400. The van der Waals surface area contributed by atoms with Crippen molar-refractivity contribution in [2.45, 2.75) is 31.4 Å². The number of carbonyl (C=O) groups excluding carboxylic acids is 3. The highest BCUT2D eigenvalue weighted by atomic mass is 32.2. The monoisotopic (exact) mass is 520 g/mol. The van der Waals surface area contributed by atoms with Crippen LogP contribution >= 0.6 is 11.8 Å². The Morgan fingerprint density at radius 1 is 1.47 bits per heavy atom. The summed E-state index contributed by atoms with van der Waals surface area (Å²) in [6.07, 6.45) is 2.77. The zero-order chi connectivity index (χ0) is 26.0. The van der Waals surface area contributed by atoms with E-state index in [9.17, 15) is 24.6 Å². The molecule has 2 aliphatic heterocycles. The molecule has 2 atom stereocenters. The Morgan fingerprint density at radius 2 is 2.25 bits per heavy atom. The molecule has 0 radical (unpaired) electrons. The second-order valence-electron chi connectivity index (χ2n) is 7.71. The van der Waals surface area contributed by atoms with E-state index >= 15 is 0 Å². The zero-order valence-electron chi connectivity index (χ0n) is 19.1. The van der Waals surface area contributed by atoms with Crippen LogP contribution < -0.4 is 26.6 Å². The Kier molecular flexibility index (Phi) is 7.16. The number of fused-ring (bicyclic) bond motifs is 1. The second-order valence-corrected chi connectivity index (χ2v) is 8.82. The summed E-state index contributed by atoms with van der Waals surface area (Å²) in [7, 11) is 0. The van der Waals surface area contributed by atoms with Crippen molar-refractivity contribution >= 4 is 47.1 Å². The Bertz CT molecular complexity index is 1250. The standard InChI is InChI=1S/C20H24N8O7S/c1-2-35-25-13(11-8-34-20(22)23-11)16(30)24-14-17(31)28-15(19(32)33)10(9-36-18(14)28)7-26-4-3-12(21)27(26)5-6-29/h3-4,8,14,18,21,29H,2,5-7,9H2,1H3,(H4,22,23,24,30,32,33)/t14-,18-/m1/s1. The molecule has 4 heterocycles. The molecule has 2 aromatic heterocycles. The molecule has 0 saturated carbocycles. The number of β-lactam (4-membered cyclic amide) rings is 1. The number of hydrogen-bond acceptors (Lipinski definition) is 12. The maximum absolute atomic E-state index is 13.0. The van der Waals surface area contributed by atoms with Gasteiger partial charge in [0.25, 0.3) is 17.8 Å². The highest BCUT2D eigenvalue weighted by Crippen LogP contribution is 2.40. The average Bonchev–Trinajstić information content (AvgIpc) is 3.43. The van der Waals surface area contributed by atoms with Crippen molar-refractivity contribution in [2.75, 3.05) is 30.4 Å². The summed E-state index contributed by atoms with van der Waals surface area (Å²) < 4.78 is 8.16. The second kappa shape index (κ2) is 10.3. The van der Waals surface area contributed by atoms with Crippen molar-refractivity contribution in [3.63, 3.8) is 0 Å². The average molecular weight is 521 g/mol. The number of nitrogens with two attached hydrogens (primary N) is 2. The molecule has 2 aromatic rings. The molecule has 6 N–H and O–H groups in total. The Hall–Kier alpha value is -4.05. The van der Waals surface area contributed by atoms with Crippen molar-refractivity contribution < 1.29 is 38.5 Å². The molecule has 15 nitrogen and oxygen atoms in total. The smallest absolute Gasteiger partial charge is 0.292 e. The Balaban J connectivity index is 1.54. The van der Waals surface area contributed by atoms with Crippen molar-refractivity contribution in [3.8, 4) is 0 Å². The van der Waals surface area contributed by atoms with Gasteiger partial charge in [-0.05, 0) is 6.92 Å². The molecule has 2 amide bonds. The first-order valence-electron chi connectivity index (χ1n) is 10.8. The normalized spacial score (nSPS) is 19.7. The van der Waals surface area contributed by atoms with Gasteiger partial charge in [0.1, 0.15) is 36.5 Å². The SMILES string of the molecule is CCON=C(C(=O)N[C@@H]1C(=O)N2C(C(=O)[O-])=C(C[n+]3ccc(N)n3CCO)CS[C@H]12)c1coc(N)n1. The molecule has 36 heavy (non-hydrogen) atoms. The third-order valence-electron chi connectivity index (χ3n) is 5.48. The van der Waals surface area contributed by atoms with Gasteiger partial charge in [-0.15, -0.1) is 21.1 Å². The van der Waals surface area contributed by atoms with E-state index in [0.29, 0.717) is 11.4 Å². The number of aromatic nitrogens is 3. The lowest BCUT2D eigenvalue weighted by Gasteiger charge is -2.50. The third kappa shape index (κ3) is 4.59. The van der Waals surface area contributed by atoms with Gasteiger partial charge in [0.2, 0.25) is 0 Å². The van der Waals surface area contributed by atoms with Crippen molar-refractivity contribution in [3.05, 3.63) is 35.5 Å². The maximum atomic E-state index is 13.0. The molecule has 0 aromatic carbocycles. The lowest BCUT2D eigenvalue weighted by Crippen LogP contribution is -2.71. The molecule has 4 rings (SSSR count). The lowest BCUT2D eigenvalue weighted by atomic mass is 10.0. The van der Waals surface area contributed by atoms with E-state index in [4.69, 9.17) is 20.7 Å². The molecule has 0 aliphatic carbocycles. The van der Waals surface area contributed by atoms with E-state index in [2.05, 4.69) is 15.5 Å². The number of oxime groups is 1. The van der Waals surface area contributed by atoms with E-state index in [1.807, 2.05) is 0 Å². The predicted octanol–water partition coefficient (Wildman–Crippen LogP) is -3.23. The van der Waals surface area contributed by atoms with Gasteiger partial charge in [-0.1, -0.05) is 5.16 Å². The van der Waals surface area contributed by atoms with Gasteiger partial charge in [0, 0.05) is 11.3 Å². The molecule has 0 unspecified atom stereocenters. The minimum absolute atomic E-state index is 0.0122. The summed E-state index contributed by atoms with van der Waals surface area (Å²) >= 11 is 1.28. The van der Waals surface area contributed by atoms with E-state index in [1.165, 1.54) is 11.8 Å². The van der Waals surface area contributed by atoms with Crippen molar-refractivity contribution in [2.24, 2.45) is 5.16 Å². The van der Waals surface area contributed by atoms with Gasteiger partial charge in [0.05, 0.1) is 24.3 Å². The minimum atomic E-state index is -1.51. The van der Waals surface area contributed by atoms with E-state index in [-0.39, 0.29) is 55.2 Å². The predicted molar refractivity (Wildman–Crippen MR) is 122 cm³/mol. The van der Waals surface area contributed by atoms with Gasteiger partial charge in [-0.2, -0.15) is 4.98 Å². The first kappa shape index (κ1) is 25.1. The number of nitrogen functional groups attached to an aromatic ring is 2. The molecule has 192 valence electrons. The number of hydrogen-bond donors (Lipinski definition) is 4. The number of amides is 2. The topological polar surface area (TPSA) is 218 Å². The number of rotatable bonds is 10. The molecule has 2 aliphatic rings. The number of nitrogens with zero attached hydrogens (tertiary/aromatic N) is 5. The summed E-state index contributed by atoms with van der Waals surface area (Å²) in [5, 5.41) is 27.0. The number of thioether (sulfide) groups is 1. The van der Waals surface area contributed by atoms with Gasteiger partial charge < -0.3 is 41.0 Å². The maximum Gasteiger partial charge on any atom is 0.292 e. The summed E-state index contributed by atoms with van der Waals surface area (Å²) in [4.78, 5) is 47.9. The first-order valence-corrected chi connectivity index (χ1v) is 11.9. The van der Waals surface area contributed by atoms with Crippen LogP contribution in [-0.2, 0) is 32.3 Å². The van der Waals surface area contributed by atoms with Crippen LogP contribution in [0.25, 0.3) is 0 Å². The largest absolute Gasteiger partial charge is 0.543 e. The van der Waals surface area contributed by atoms with Crippen molar-refractivity contribution in [1.29, 1.82) is 0 Å². The van der Waals surface area contributed by atoms with E-state index in [0.717, 1.165) is 11.2 Å². The van der Waals surface area contributed by atoms with Crippen LogP contribution in [0.3, 0.4) is 0 Å². The molecule has 1 fully saturated rings. The number of aliphatic hydroxyl groups is 1. The number of carboxylic acids is 1. The number of aliphatic carboxylic acids is 1. The van der Waals surface area contributed by atoms with Crippen molar-refractivity contribution in [1.82, 2.24) is 19.9 Å². The minimum Gasteiger partial charge on any atom is -0.543 e. The number of aliphatic hydroxyl groups excluding tert-OH is 1. The summed E-state index contributed by atoms with van der Waals surface area (Å²) in [6, 6.07) is 0.422. The highest BCUT2D eigenvalue weighted by molar-refractivity contribution is 8.00. The van der Waals surface area contributed by atoms with Crippen LogP contribution in [0.1, 0.15) is 12.6 Å². The Labute approximate surface area is 208 Å². The third-order valence-corrected chi connectivity index (χ3v) is 6.82. The van der Waals surface area contributed by atoms with Gasteiger partial charge in [-0.25, -0.2) is 0 Å². The Morgan fingerprint density at radius 3 is 2.89 bits per heavy atom. The molecule has 0 spiro atoms. The fourth-order valence-electron chi connectivity index (χ4n) is 3.90. The van der Waals surface area contributed by atoms with Gasteiger partial charge in [0.15, 0.2) is 24.3 Å². The van der Waals surface area contributed by atoms with Crippen LogP contribution in [-0.4, -0.2) is 73.5 Å². The van der Waals surface area contributed by atoms with Crippen LogP contribution in [0.2, 0.25) is 0 Å². The quantitative estimate of drug-likeness (QED) is 0.106. The number of carboxylic acid groups (broad SMARTS) is 1. The zero-order valence-corrected chi connectivity index (χ0v) is 19.9. The van der Waals surface area contributed by atoms with Gasteiger partial charge >= 0.3 is 0 Å². The van der Waals surface area contributed by atoms with Crippen LogP contribution in [0.4, 0.5) is 11.8 Å². The summed E-state index contributed by atoms with van der Waals surface area (Å²) in [5.74, 6) is -2.27. The van der Waals surface area contributed by atoms with Crippen LogP contribution in [0.5, 0.6) is 0 Å². The number of anilines is 2. The summed E-state index contributed by atoms with van der Waals surface area (Å²) in [6.45, 7) is 2.00. The summed E-state index contributed by atoms with van der Waals surface area (Å²) in [5.41, 5.74) is 11.3.